The summed E-state index contributed by atoms with van der Waals surface area (Å²) in [6.07, 6.45) is 0. The Balaban J connectivity index is 4.03. The highest BCUT2D eigenvalue weighted by molar-refractivity contribution is 5.84. The zero-order chi connectivity index (χ0) is 9.78. The SMILES string of the molecule is COC(C)(C)C(=O)N[C@H](C)CO. The molecule has 4 nitrogen and oxygen atoms in total. The van der Waals surface area contributed by atoms with E-state index in [0.717, 1.165) is 0 Å². The fourth-order valence-electron chi connectivity index (χ4n) is 0.536. The maximum atomic E-state index is 11.3. The van der Waals surface area contributed by atoms with Gasteiger partial charge in [-0.2, -0.15) is 0 Å². The lowest BCUT2D eigenvalue weighted by Crippen LogP contribution is -2.47. The standard InChI is InChI=1S/C8H17NO3/c1-6(5-10)9-7(11)8(2,3)12-4/h6,10H,5H2,1-4H3,(H,9,11)/t6-/m1/s1. The number of amides is 1. The van der Waals surface area contributed by atoms with E-state index in [-0.39, 0.29) is 18.6 Å². The van der Waals surface area contributed by atoms with E-state index in [9.17, 15) is 4.79 Å². The Kier molecular flexibility index (Phi) is 4.20. The van der Waals surface area contributed by atoms with Crippen LogP contribution in [0.2, 0.25) is 0 Å². The molecule has 0 rings (SSSR count). The van der Waals surface area contributed by atoms with Crippen molar-refractivity contribution in [3.8, 4) is 0 Å². The number of carbonyl (C=O) groups is 1. The van der Waals surface area contributed by atoms with Crippen LogP contribution in [0, 0.1) is 0 Å². The summed E-state index contributed by atoms with van der Waals surface area (Å²) in [5, 5.41) is 11.3. The molecule has 0 aliphatic carbocycles. The minimum Gasteiger partial charge on any atom is -0.394 e. The fraction of sp³-hybridized carbons (Fsp3) is 0.875. The van der Waals surface area contributed by atoms with E-state index in [2.05, 4.69) is 5.32 Å². The summed E-state index contributed by atoms with van der Waals surface area (Å²) in [7, 11) is 1.48. The van der Waals surface area contributed by atoms with Crippen molar-refractivity contribution < 1.29 is 14.6 Å². The highest BCUT2D eigenvalue weighted by atomic mass is 16.5. The summed E-state index contributed by atoms with van der Waals surface area (Å²) < 4.78 is 4.95. The molecule has 0 aromatic carbocycles. The quantitative estimate of drug-likeness (QED) is 0.627. The van der Waals surface area contributed by atoms with Crippen molar-refractivity contribution in [1.29, 1.82) is 0 Å². The second kappa shape index (κ2) is 4.42. The molecule has 0 radical (unpaired) electrons. The van der Waals surface area contributed by atoms with Gasteiger partial charge in [-0.1, -0.05) is 0 Å². The number of hydrogen-bond acceptors (Lipinski definition) is 3. The lowest BCUT2D eigenvalue weighted by atomic mass is 10.1. The van der Waals surface area contributed by atoms with Crippen LogP contribution in [0.4, 0.5) is 0 Å². The second-order valence-electron chi connectivity index (χ2n) is 3.27. The lowest BCUT2D eigenvalue weighted by molar-refractivity contribution is -0.140. The van der Waals surface area contributed by atoms with Gasteiger partial charge in [0.2, 0.25) is 0 Å². The van der Waals surface area contributed by atoms with Gasteiger partial charge in [-0.15, -0.1) is 0 Å². The number of carbonyl (C=O) groups excluding carboxylic acids is 1. The first-order valence-corrected chi connectivity index (χ1v) is 3.91. The van der Waals surface area contributed by atoms with E-state index in [1.165, 1.54) is 7.11 Å². The summed E-state index contributed by atoms with van der Waals surface area (Å²) in [6, 6.07) is -0.230. The first kappa shape index (κ1) is 11.4. The molecule has 72 valence electrons. The zero-order valence-corrected chi connectivity index (χ0v) is 8.05. The number of nitrogens with one attached hydrogen (secondary N) is 1. The summed E-state index contributed by atoms with van der Waals surface area (Å²) in [6.45, 7) is 5.01. The van der Waals surface area contributed by atoms with Crippen LogP contribution in [0.1, 0.15) is 20.8 Å². The fourth-order valence-corrected chi connectivity index (χ4v) is 0.536. The van der Waals surface area contributed by atoms with Gasteiger partial charge in [0.05, 0.1) is 6.61 Å². The molecule has 0 saturated heterocycles. The topological polar surface area (TPSA) is 58.6 Å². The third-order valence-corrected chi connectivity index (χ3v) is 1.71. The largest absolute Gasteiger partial charge is 0.394 e. The number of rotatable bonds is 4. The highest BCUT2D eigenvalue weighted by Gasteiger charge is 2.27. The molecular formula is C8H17NO3. The number of hydrogen-bond donors (Lipinski definition) is 2. The molecule has 12 heavy (non-hydrogen) atoms. The molecule has 0 aliphatic rings. The van der Waals surface area contributed by atoms with Crippen molar-refractivity contribution in [3.63, 3.8) is 0 Å². The molecule has 4 heteroatoms. The summed E-state index contributed by atoms with van der Waals surface area (Å²) >= 11 is 0. The van der Waals surface area contributed by atoms with Crippen LogP contribution in [0.3, 0.4) is 0 Å². The van der Waals surface area contributed by atoms with Gasteiger partial charge in [-0.3, -0.25) is 4.79 Å². The van der Waals surface area contributed by atoms with Gasteiger partial charge in [0.15, 0.2) is 0 Å². The maximum absolute atomic E-state index is 11.3. The summed E-state index contributed by atoms with van der Waals surface area (Å²) in [5.74, 6) is -0.216. The van der Waals surface area contributed by atoms with Gasteiger partial charge in [-0.25, -0.2) is 0 Å². The predicted octanol–water partition coefficient (Wildman–Crippen LogP) is -0.0916. The number of ether oxygens (including phenoxy) is 1. The first-order chi connectivity index (χ1) is 5.44. The number of methoxy groups -OCH3 is 1. The van der Waals surface area contributed by atoms with Gasteiger partial charge in [-0.05, 0) is 20.8 Å². The van der Waals surface area contributed by atoms with Crippen LogP contribution in [0.25, 0.3) is 0 Å². The average Bonchev–Trinajstić information content (AvgIpc) is 2.04. The predicted molar refractivity (Wildman–Crippen MR) is 45.8 cm³/mol. The molecule has 0 bridgehead atoms. The molecular weight excluding hydrogens is 158 g/mol. The van der Waals surface area contributed by atoms with Crippen LogP contribution in [0.5, 0.6) is 0 Å². The molecule has 0 aromatic heterocycles. The summed E-state index contributed by atoms with van der Waals surface area (Å²) in [4.78, 5) is 11.3. The van der Waals surface area contributed by atoms with E-state index in [0.29, 0.717) is 0 Å². The van der Waals surface area contributed by atoms with Crippen molar-refractivity contribution >= 4 is 5.91 Å². The maximum Gasteiger partial charge on any atom is 0.251 e. The van der Waals surface area contributed by atoms with Gasteiger partial charge in [0, 0.05) is 13.2 Å². The molecule has 0 spiro atoms. The van der Waals surface area contributed by atoms with Crippen molar-refractivity contribution in [2.75, 3.05) is 13.7 Å². The minimum atomic E-state index is -0.830. The molecule has 1 atom stereocenters. The van der Waals surface area contributed by atoms with Crippen molar-refractivity contribution in [2.24, 2.45) is 0 Å². The Morgan fingerprint density at radius 1 is 1.67 bits per heavy atom. The molecule has 0 heterocycles. The van der Waals surface area contributed by atoms with Crippen molar-refractivity contribution in [2.45, 2.75) is 32.4 Å². The molecule has 2 N–H and O–H groups in total. The van der Waals surface area contributed by atoms with Crippen molar-refractivity contribution in [1.82, 2.24) is 5.32 Å². The number of aliphatic hydroxyl groups excluding tert-OH is 1. The Morgan fingerprint density at radius 3 is 2.50 bits per heavy atom. The van der Waals surface area contributed by atoms with Gasteiger partial charge < -0.3 is 15.2 Å². The van der Waals surface area contributed by atoms with Crippen LogP contribution in [-0.2, 0) is 9.53 Å². The van der Waals surface area contributed by atoms with E-state index < -0.39 is 5.60 Å². The van der Waals surface area contributed by atoms with Crippen LogP contribution in [-0.4, -0.2) is 36.4 Å². The van der Waals surface area contributed by atoms with Crippen LogP contribution >= 0.6 is 0 Å². The first-order valence-electron chi connectivity index (χ1n) is 3.91. The van der Waals surface area contributed by atoms with E-state index in [1.54, 1.807) is 20.8 Å². The lowest BCUT2D eigenvalue weighted by Gasteiger charge is -2.23. The Bertz CT molecular complexity index is 156. The van der Waals surface area contributed by atoms with Crippen LogP contribution in [0.15, 0.2) is 0 Å². The molecule has 0 fully saturated rings. The third-order valence-electron chi connectivity index (χ3n) is 1.71. The number of aliphatic hydroxyl groups is 1. The smallest absolute Gasteiger partial charge is 0.251 e. The van der Waals surface area contributed by atoms with Crippen LogP contribution < -0.4 is 5.32 Å². The van der Waals surface area contributed by atoms with E-state index in [4.69, 9.17) is 9.84 Å². The molecule has 0 unspecified atom stereocenters. The average molecular weight is 175 g/mol. The monoisotopic (exact) mass is 175 g/mol. The van der Waals surface area contributed by atoms with Gasteiger partial charge in [0.1, 0.15) is 5.60 Å². The normalized spacial score (nSPS) is 14.1. The zero-order valence-electron chi connectivity index (χ0n) is 8.05. The Hall–Kier alpha value is -0.610. The molecule has 1 amide bonds. The van der Waals surface area contributed by atoms with E-state index >= 15 is 0 Å². The summed E-state index contributed by atoms with van der Waals surface area (Å²) in [5.41, 5.74) is -0.830. The second-order valence-corrected chi connectivity index (χ2v) is 3.27. The van der Waals surface area contributed by atoms with Gasteiger partial charge >= 0.3 is 0 Å². The van der Waals surface area contributed by atoms with Crippen molar-refractivity contribution in [3.05, 3.63) is 0 Å². The third kappa shape index (κ3) is 3.19. The Morgan fingerprint density at radius 2 is 2.17 bits per heavy atom. The molecule has 0 aromatic rings. The van der Waals surface area contributed by atoms with Gasteiger partial charge in [0.25, 0.3) is 5.91 Å². The van der Waals surface area contributed by atoms with E-state index in [1.807, 2.05) is 0 Å². The minimum absolute atomic E-state index is 0.0640. The Labute approximate surface area is 72.9 Å². The highest BCUT2D eigenvalue weighted by Crippen LogP contribution is 2.06. The molecule has 0 aliphatic heterocycles. The molecule has 0 saturated carbocycles.